The number of amides is 1. The fraction of sp³-hybridized carbons (Fsp3) is 0.208. The van der Waals surface area contributed by atoms with Crippen molar-refractivity contribution in [3.05, 3.63) is 71.5 Å². The van der Waals surface area contributed by atoms with Crippen LogP contribution < -0.4 is 5.32 Å². The number of aryl methyl sites for hydroxylation is 3. The normalized spacial score (nSPS) is 12.0. The van der Waals surface area contributed by atoms with Gasteiger partial charge in [-0.2, -0.15) is 0 Å². The van der Waals surface area contributed by atoms with Crippen LogP contribution in [0.25, 0.3) is 22.5 Å². The number of nitrogens with zero attached hydrogens (tertiary/aromatic N) is 2. The molecule has 0 aliphatic carbocycles. The molecule has 0 aliphatic heterocycles. The van der Waals surface area contributed by atoms with E-state index >= 15 is 0 Å². The number of anilines is 1. The van der Waals surface area contributed by atoms with E-state index < -0.39 is 0 Å². The average Bonchev–Trinajstić information content (AvgIpc) is 3.35. The summed E-state index contributed by atoms with van der Waals surface area (Å²) in [6.45, 7) is 7.75. The summed E-state index contributed by atoms with van der Waals surface area (Å²) in [5.74, 6) is 0.894. The molecule has 7 heteroatoms. The average molecular weight is 433 g/mol. The Labute approximate surface area is 185 Å². The number of hydrogen-bond donors (Lipinski definition) is 2. The molecule has 0 fully saturated rings. The van der Waals surface area contributed by atoms with Crippen molar-refractivity contribution in [2.24, 2.45) is 0 Å². The molecule has 31 heavy (non-hydrogen) atoms. The van der Waals surface area contributed by atoms with Gasteiger partial charge in [0.25, 0.3) is 0 Å². The highest BCUT2D eigenvalue weighted by Gasteiger charge is 2.20. The molecule has 2 aromatic heterocycles. The van der Waals surface area contributed by atoms with Crippen LogP contribution in [0, 0.1) is 20.8 Å². The van der Waals surface area contributed by atoms with E-state index in [2.05, 4.69) is 77.8 Å². The third-order valence-electron chi connectivity index (χ3n) is 4.88. The van der Waals surface area contributed by atoms with Crippen LogP contribution >= 0.6 is 11.8 Å². The van der Waals surface area contributed by atoms with E-state index in [0.717, 1.165) is 22.5 Å². The van der Waals surface area contributed by atoms with Crippen molar-refractivity contribution in [3.63, 3.8) is 0 Å². The van der Waals surface area contributed by atoms with Crippen molar-refractivity contribution in [1.82, 2.24) is 15.1 Å². The van der Waals surface area contributed by atoms with E-state index in [1.165, 1.54) is 22.9 Å². The molecule has 1 amide bonds. The first-order valence-electron chi connectivity index (χ1n) is 10.0. The number of aromatic amines is 1. The molecule has 0 saturated heterocycles. The Morgan fingerprint density at radius 1 is 1.00 bits per heavy atom. The van der Waals surface area contributed by atoms with Gasteiger partial charge in [0.05, 0.1) is 16.6 Å². The highest BCUT2D eigenvalue weighted by Crippen LogP contribution is 2.34. The number of imidazole rings is 1. The molecular weight excluding hydrogens is 408 g/mol. The van der Waals surface area contributed by atoms with Crippen LogP contribution in [0.3, 0.4) is 0 Å². The number of nitrogens with one attached hydrogen (secondary N) is 2. The number of H-pyrrole nitrogens is 1. The van der Waals surface area contributed by atoms with Crippen LogP contribution in [0.5, 0.6) is 0 Å². The van der Waals surface area contributed by atoms with Gasteiger partial charge in [-0.05, 0) is 27.7 Å². The lowest BCUT2D eigenvalue weighted by Gasteiger charge is -2.08. The molecule has 0 spiro atoms. The lowest BCUT2D eigenvalue weighted by Crippen LogP contribution is -2.22. The van der Waals surface area contributed by atoms with Gasteiger partial charge in [-0.3, -0.25) is 4.79 Å². The minimum Gasteiger partial charge on any atom is -0.360 e. The Hall–Kier alpha value is -3.32. The molecule has 1 unspecified atom stereocenters. The van der Waals surface area contributed by atoms with E-state index in [9.17, 15) is 4.79 Å². The summed E-state index contributed by atoms with van der Waals surface area (Å²) in [4.78, 5) is 20.8. The highest BCUT2D eigenvalue weighted by atomic mass is 32.2. The second-order valence-electron chi connectivity index (χ2n) is 7.57. The molecule has 2 aromatic carbocycles. The Morgan fingerprint density at radius 3 is 2.19 bits per heavy atom. The van der Waals surface area contributed by atoms with Gasteiger partial charge in [0, 0.05) is 17.2 Å². The lowest BCUT2D eigenvalue weighted by molar-refractivity contribution is -0.115. The lowest BCUT2D eigenvalue weighted by atomic mass is 10.0. The Morgan fingerprint density at radius 2 is 1.61 bits per heavy atom. The number of carbonyl (C=O) groups excluding carboxylic acids is 1. The van der Waals surface area contributed by atoms with Crippen molar-refractivity contribution < 1.29 is 9.32 Å². The van der Waals surface area contributed by atoms with Gasteiger partial charge >= 0.3 is 0 Å². The van der Waals surface area contributed by atoms with Gasteiger partial charge in [-0.25, -0.2) is 4.98 Å². The van der Waals surface area contributed by atoms with Crippen molar-refractivity contribution in [1.29, 1.82) is 0 Å². The third-order valence-corrected chi connectivity index (χ3v) is 5.87. The topological polar surface area (TPSA) is 83.8 Å². The van der Waals surface area contributed by atoms with E-state index in [1.54, 1.807) is 13.0 Å². The summed E-state index contributed by atoms with van der Waals surface area (Å²) in [6, 6.07) is 18.3. The van der Waals surface area contributed by atoms with Gasteiger partial charge in [0.15, 0.2) is 11.0 Å². The first kappa shape index (κ1) is 20.9. The van der Waals surface area contributed by atoms with Gasteiger partial charge in [0.2, 0.25) is 5.91 Å². The fourth-order valence-electron chi connectivity index (χ4n) is 3.13. The molecule has 158 valence electrons. The predicted molar refractivity (Wildman–Crippen MR) is 124 cm³/mol. The molecule has 6 nitrogen and oxygen atoms in total. The number of hydrogen-bond acceptors (Lipinski definition) is 5. The van der Waals surface area contributed by atoms with Gasteiger partial charge in [-0.15, -0.1) is 0 Å². The molecule has 0 bridgehead atoms. The monoisotopic (exact) mass is 432 g/mol. The van der Waals surface area contributed by atoms with Crippen molar-refractivity contribution in [3.8, 4) is 22.5 Å². The molecule has 2 N–H and O–H groups in total. The van der Waals surface area contributed by atoms with Gasteiger partial charge in [-0.1, -0.05) is 76.6 Å². The van der Waals surface area contributed by atoms with Crippen LogP contribution in [0.2, 0.25) is 0 Å². The molecule has 0 radical (unpaired) electrons. The molecule has 0 saturated carbocycles. The van der Waals surface area contributed by atoms with Crippen molar-refractivity contribution in [2.45, 2.75) is 38.1 Å². The molecule has 1 atom stereocenters. The largest absolute Gasteiger partial charge is 0.360 e. The highest BCUT2D eigenvalue weighted by molar-refractivity contribution is 8.00. The third kappa shape index (κ3) is 4.88. The molecule has 2 heterocycles. The van der Waals surface area contributed by atoms with E-state index in [1.807, 2.05) is 6.92 Å². The van der Waals surface area contributed by atoms with Crippen LogP contribution in [0.1, 0.15) is 23.8 Å². The summed E-state index contributed by atoms with van der Waals surface area (Å²) in [6.07, 6.45) is 0. The Balaban J connectivity index is 1.61. The summed E-state index contributed by atoms with van der Waals surface area (Å²) in [7, 11) is 0. The van der Waals surface area contributed by atoms with Crippen LogP contribution in [0.4, 0.5) is 5.82 Å². The first-order valence-corrected chi connectivity index (χ1v) is 10.9. The maximum absolute atomic E-state index is 12.6. The summed E-state index contributed by atoms with van der Waals surface area (Å²) >= 11 is 1.37. The van der Waals surface area contributed by atoms with Crippen molar-refractivity contribution >= 4 is 23.5 Å². The zero-order chi connectivity index (χ0) is 22.0. The van der Waals surface area contributed by atoms with Gasteiger partial charge < -0.3 is 14.8 Å². The maximum Gasteiger partial charge on any atom is 0.238 e. The molecule has 0 aliphatic rings. The second-order valence-corrected chi connectivity index (χ2v) is 8.90. The number of aromatic nitrogens is 3. The Bertz CT molecular complexity index is 1130. The maximum atomic E-state index is 12.6. The zero-order valence-corrected chi connectivity index (χ0v) is 18.7. The van der Waals surface area contributed by atoms with E-state index in [0.29, 0.717) is 16.7 Å². The smallest absolute Gasteiger partial charge is 0.238 e. The number of thioether (sulfide) groups is 1. The van der Waals surface area contributed by atoms with Crippen LogP contribution in [-0.4, -0.2) is 26.3 Å². The SMILES string of the molecule is Cc1ccc(-c2nc(SC(C)C(=O)Nc3cc(C)on3)[nH]c2-c2ccc(C)cc2)cc1. The predicted octanol–water partition coefficient (Wildman–Crippen LogP) is 5.78. The minimum absolute atomic E-state index is 0.163. The van der Waals surface area contributed by atoms with E-state index in [-0.39, 0.29) is 11.2 Å². The van der Waals surface area contributed by atoms with Crippen LogP contribution in [0.15, 0.2) is 64.3 Å². The molecule has 4 rings (SSSR count). The molecular formula is C24H24N4O2S. The second kappa shape index (κ2) is 8.81. The quantitative estimate of drug-likeness (QED) is 0.378. The summed E-state index contributed by atoms with van der Waals surface area (Å²) < 4.78 is 5.01. The molecule has 4 aromatic rings. The first-order chi connectivity index (χ1) is 14.9. The minimum atomic E-state index is -0.375. The van der Waals surface area contributed by atoms with Crippen molar-refractivity contribution in [2.75, 3.05) is 5.32 Å². The van der Waals surface area contributed by atoms with Crippen LogP contribution in [-0.2, 0) is 4.79 Å². The standard InChI is InChI=1S/C24H24N4O2S/c1-14-5-9-18(10-6-14)21-22(19-11-7-15(2)8-12-19)27-24(26-21)31-17(4)23(29)25-20-13-16(3)30-28-20/h5-13,17H,1-4H3,(H,26,27)(H,25,28,29). The van der Waals surface area contributed by atoms with Gasteiger partial charge in [0.1, 0.15) is 5.76 Å². The fourth-order valence-corrected chi connectivity index (χ4v) is 3.94. The Kier molecular flexibility index (Phi) is 5.95. The van der Waals surface area contributed by atoms with E-state index in [4.69, 9.17) is 9.51 Å². The zero-order valence-electron chi connectivity index (χ0n) is 17.9. The summed E-state index contributed by atoms with van der Waals surface area (Å²) in [5, 5.41) is 6.90. The number of benzene rings is 2. The number of rotatable bonds is 6. The summed E-state index contributed by atoms with van der Waals surface area (Å²) in [5.41, 5.74) is 6.27. The number of carbonyl (C=O) groups is 1.